The summed E-state index contributed by atoms with van der Waals surface area (Å²) < 4.78 is 1.20. The second-order valence-electron chi connectivity index (χ2n) is 5.15. The molecule has 0 unspecified atom stereocenters. The average molecular weight is 360 g/mol. The molecule has 0 N–H and O–H groups in total. The van der Waals surface area contributed by atoms with Crippen LogP contribution in [0.3, 0.4) is 0 Å². The van der Waals surface area contributed by atoms with Crippen molar-refractivity contribution < 1.29 is 4.79 Å². The maximum Gasteiger partial charge on any atom is 0.181 e. The van der Waals surface area contributed by atoms with Gasteiger partial charge in [0.2, 0.25) is 0 Å². The van der Waals surface area contributed by atoms with E-state index in [2.05, 4.69) is 44.9 Å². The highest BCUT2D eigenvalue weighted by molar-refractivity contribution is 9.14. The molecule has 0 bridgehead atoms. The summed E-state index contributed by atoms with van der Waals surface area (Å²) in [6, 6.07) is 0. The van der Waals surface area contributed by atoms with Crippen LogP contribution in [0.2, 0.25) is 0 Å². The molecule has 0 aromatic carbocycles. The minimum Gasteiger partial charge on any atom is -0.290 e. The molecule has 0 spiro atoms. The van der Waals surface area contributed by atoms with Gasteiger partial charge in [-0.3, -0.25) is 4.79 Å². The first kappa shape index (κ1) is 13.3. The molecule has 0 radical (unpaired) electrons. The first-order chi connectivity index (χ1) is 7.98. The van der Waals surface area contributed by atoms with Crippen LogP contribution in [0.5, 0.6) is 0 Å². The van der Waals surface area contributed by atoms with E-state index in [-0.39, 0.29) is 11.2 Å². The van der Waals surface area contributed by atoms with Gasteiger partial charge in [-0.1, -0.05) is 50.4 Å². The summed E-state index contributed by atoms with van der Waals surface area (Å²) in [5.41, 5.74) is 2.38. The first-order valence-electron chi connectivity index (χ1n) is 5.87. The molecule has 0 aromatic rings. The number of rotatable bonds is 1. The number of carbonyl (C=O) groups is 1. The second-order valence-corrected chi connectivity index (χ2v) is 6.53. The topological polar surface area (TPSA) is 17.1 Å². The molecule has 3 heteroatoms. The quantitative estimate of drug-likeness (QED) is 0.652. The van der Waals surface area contributed by atoms with Gasteiger partial charge in [0.05, 0.1) is 0 Å². The SMILES string of the molecule is CC1=C2C[C@H](/C(Br)=C/Br)CC[C@@]2(C)C=CC1=O. The molecule has 2 rings (SSSR count). The molecular weight excluding hydrogens is 344 g/mol. The Morgan fingerprint density at radius 3 is 2.94 bits per heavy atom. The number of carbonyl (C=O) groups excluding carboxylic acids is 1. The molecule has 0 aliphatic heterocycles. The Kier molecular flexibility index (Phi) is 3.79. The van der Waals surface area contributed by atoms with Crippen LogP contribution in [-0.2, 0) is 4.79 Å². The lowest BCUT2D eigenvalue weighted by Crippen LogP contribution is -2.30. The van der Waals surface area contributed by atoms with E-state index in [1.54, 1.807) is 6.08 Å². The van der Waals surface area contributed by atoms with Crippen LogP contribution in [0.25, 0.3) is 0 Å². The lowest BCUT2D eigenvalue weighted by atomic mass is 9.64. The van der Waals surface area contributed by atoms with Crippen LogP contribution in [0, 0.1) is 11.3 Å². The zero-order chi connectivity index (χ0) is 12.6. The summed E-state index contributed by atoms with van der Waals surface area (Å²) in [5, 5.41) is 0. The minimum atomic E-state index is 0.105. The first-order valence-corrected chi connectivity index (χ1v) is 7.58. The van der Waals surface area contributed by atoms with Gasteiger partial charge in [0, 0.05) is 9.90 Å². The van der Waals surface area contributed by atoms with Crippen molar-refractivity contribution >= 4 is 37.6 Å². The van der Waals surface area contributed by atoms with E-state index in [0.717, 1.165) is 24.8 Å². The molecule has 1 nitrogen and oxygen atoms in total. The van der Waals surface area contributed by atoms with Crippen LogP contribution < -0.4 is 0 Å². The fourth-order valence-corrected chi connectivity index (χ4v) is 3.59. The lowest BCUT2D eigenvalue weighted by Gasteiger charge is -2.40. The molecule has 92 valence electrons. The molecule has 0 amide bonds. The van der Waals surface area contributed by atoms with E-state index in [9.17, 15) is 4.79 Å². The molecule has 0 aromatic heterocycles. The third-order valence-electron chi connectivity index (χ3n) is 4.07. The van der Waals surface area contributed by atoms with Gasteiger partial charge in [-0.15, -0.1) is 0 Å². The smallest absolute Gasteiger partial charge is 0.181 e. The Morgan fingerprint density at radius 2 is 2.29 bits per heavy atom. The van der Waals surface area contributed by atoms with Crippen LogP contribution in [-0.4, -0.2) is 5.78 Å². The van der Waals surface area contributed by atoms with Gasteiger partial charge in [-0.2, -0.15) is 0 Å². The number of hydrogen-bond acceptors (Lipinski definition) is 1. The standard InChI is InChI=1S/C14H16Br2O/c1-9-11-7-10(12(16)8-15)3-5-14(11,2)6-4-13(9)17/h4,6,8,10H,3,5,7H2,1-2H3/b12-8-/t10-,14+/m1/s1. The number of ketones is 1. The van der Waals surface area contributed by atoms with Crippen LogP contribution in [0.1, 0.15) is 33.1 Å². The van der Waals surface area contributed by atoms with Crippen molar-refractivity contribution in [2.45, 2.75) is 33.1 Å². The Morgan fingerprint density at radius 1 is 1.59 bits per heavy atom. The highest BCUT2D eigenvalue weighted by Crippen LogP contribution is 2.49. The minimum absolute atomic E-state index is 0.105. The average Bonchev–Trinajstić information content (AvgIpc) is 2.33. The zero-order valence-corrected chi connectivity index (χ0v) is 13.3. The normalized spacial score (nSPS) is 34.0. The molecule has 2 aliphatic rings. The van der Waals surface area contributed by atoms with Gasteiger partial charge in [0.1, 0.15) is 0 Å². The Hall–Kier alpha value is -0.150. The van der Waals surface area contributed by atoms with Gasteiger partial charge >= 0.3 is 0 Å². The van der Waals surface area contributed by atoms with Crippen molar-refractivity contribution in [2.24, 2.45) is 11.3 Å². The largest absolute Gasteiger partial charge is 0.290 e. The van der Waals surface area contributed by atoms with Gasteiger partial charge in [0.25, 0.3) is 0 Å². The number of halogens is 2. The van der Waals surface area contributed by atoms with Gasteiger partial charge in [-0.05, 0) is 48.7 Å². The molecule has 2 aliphatic carbocycles. The molecule has 1 saturated carbocycles. The summed E-state index contributed by atoms with van der Waals surface area (Å²) in [6.07, 6.45) is 7.10. The summed E-state index contributed by atoms with van der Waals surface area (Å²) >= 11 is 6.97. The maximum absolute atomic E-state index is 11.8. The lowest BCUT2D eigenvalue weighted by molar-refractivity contribution is -0.111. The molecular formula is C14H16Br2O. The van der Waals surface area contributed by atoms with E-state index >= 15 is 0 Å². The van der Waals surface area contributed by atoms with Gasteiger partial charge < -0.3 is 0 Å². The van der Waals surface area contributed by atoms with Gasteiger partial charge in [0.15, 0.2) is 5.78 Å². The fourth-order valence-electron chi connectivity index (χ4n) is 2.83. The molecule has 1 fully saturated rings. The summed E-state index contributed by atoms with van der Waals surface area (Å²) in [5.74, 6) is 0.684. The molecule has 2 atom stereocenters. The van der Waals surface area contributed by atoms with Crippen LogP contribution >= 0.6 is 31.9 Å². The van der Waals surface area contributed by atoms with Crippen molar-refractivity contribution in [3.8, 4) is 0 Å². The maximum atomic E-state index is 11.8. The van der Waals surface area contributed by atoms with Crippen molar-refractivity contribution in [3.05, 3.63) is 32.8 Å². The van der Waals surface area contributed by atoms with E-state index in [1.165, 1.54) is 10.1 Å². The third-order valence-corrected chi connectivity index (χ3v) is 6.06. The molecule has 17 heavy (non-hydrogen) atoms. The van der Waals surface area contributed by atoms with E-state index in [0.29, 0.717) is 5.92 Å². The summed E-state index contributed by atoms with van der Waals surface area (Å²) in [6.45, 7) is 4.21. The predicted molar refractivity (Wildman–Crippen MR) is 78.2 cm³/mol. The van der Waals surface area contributed by atoms with Crippen molar-refractivity contribution in [3.63, 3.8) is 0 Å². The number of hydrogen-bond donors (Lipinski definition) is 0. The molecule has 0 heterocycles. The van der Waals surface area contributed by atoms with Crippen LogP contribution in [0.15, 0.2) is 32.8 Å². The van der Waals surface area contributed by atoms with Crippen molar-refractivity contribution in [1.82, 2.24) is 0 Å². The van der Waals surface area contributed by atoms with Crippen LogP contribution in [0.4, 0.5) is 0 Å². The zero-order valence-electron chi connectivity index (χ0n) is 10.1. The predicted octanol–water partition coefficient (Wildman–Crippen LogP) is 4.88. The van der Waals surface area contributed by atoms with Crippen molar-refractivity contribution in [2.75, 3.05) is 0 Å². The highest BCUT2D eigenvalue weighted by Gasteiger charge is 2.38. The third kappa shape index (κ3) is 2.37. The van der Waals surface area contributed by atoms with Gasteiger partial charge in [-0.25, -0.2) is 0 Å². The summed E-state index contributed by atoms with van der Waals surface area (Å²) in [4.78, 5) is 13.7. The van der Waals surface area contributed by atoms with Crippen molar-refractivity contribution in [1.29, 1.82) is 0 Å². The van der Waals surface area contributed by atoms with E-state index in [4.69, 9.17) is 0 Å². The summed E-state index contributed by atoms with van der Waals surface area (Å²) in [7, 11) is 0. The monoisotopic (exact) mass is 358 g/mol. The molecule has 0 saturated heterocycles. The van der Waals surface area contributed by atoms with E-state index < -0.39 is 0 Å². The number of allylic oxidation sites excluding steroid dienone is 5. The van der Waals surface area contributed by atoms with E-state index in [1.807, 2.05) is 11.9 Å². The number of fused-ring (bicyclic) bond motifs is 1. The Bertz CT molecular complexity index is 445. The Balaban J connectivity index is 2.34. The second kappa shape index (κ2) is 4.85. The Labute approximate surface area is 119 Å². The fraction of sp³-hybridized carbons (Fsp3) is 0.500. The highest BCUT2D eigenvalue weighted by atomic mass is 79.9.